The van der Waals surface area contributed by atoms with Gasteiger partial charge in [-0.05, 0) is 31.0 Å². The smallest absolute Gasteiger partial charge is 0.254 e. The zero-order chi connectivity index (χ0) is 17.3. The van der Waals surface area contributed by atoms with Gasteiger partial charge < -0.3 is 9.64 Å². The summed E-state index contributed by atoms with van der Waals surface area (Å²) in [6.45, 7) is 4.67. The highest BCUT2D eigenvalue weighted by molar-refractivity contribution is 7.91. The number of piperazine rings is 1. The predicted molar refractivity (Wildman–Crippen MR) is 92.3 cm³/mol. The molecule has 1 amide bonds. The molecule has 2 heterocycles. The molecular formula is C17H24N2O4S. The Balaban J connectivity index is 1.61. The van der Waals surface area contributed by atoms with Crippen molar-refractivity contribution in [2.75, 3.05) is 44.8 Å². The summed E-state index contributed by atoms with van der Waals surface area (Å²) >= 11 is 0. The molecule has 2 aliphatic heterocycles. The highest BCUT2D eigenvalue weighted by Gasteiger charge is 2.34. The van der Waals surface area contributed by atoms with Crippen LogP contribution in [-0.2, 0) is 9.84 Å². The molecule has 0 aliphatic carbocycles. The number of aryl methyl sites for hydroxylation is 1. The van der Waals surface area contributed by atoms with Gasteiger partial charge in [-0.1, -0.05) is 6.07 Å². The molecule has 3 rings (SSSR count). The SMILES string of the molecule is COc1cc(C(=O)N2CCN([C@H]3CCS(=O)(=O)C3)CC2)ccc1C. The summed E-state index contributed by atoms with van der Waals surface area (Å²) in [6, 6.07) is 5.63. The molecule has 6 nitrogen and oxygen atoms in total. The van der Waals surface area contributed by atoms with E-state index in [-0.39, 0.29) is 17.7 Å². The van der Waals surface area contributed by atoms with E-state index in [1.54, 1.807) is 13.2 Å². The average Bonchev–Trinajstić information content (AvgIpc) is 2.95. The monoisotopic (exact) mass is 352 g/mol. The molecule has 0 N–H and O–H groups in total. The lowest BCUT2D eigenvalue weighted by Crippen LogP contribution is -2.52. The van der Waals surface area contributed by atoms with Crippen LogP contribution in [0.4, 0.5) is 0 Å². The molecule has 0 spiro atoms. The molecule has 1 aromatic rings. The molecule has 0 aromatic heterocycles. The Hall–Kier alpha value is -1.60. The lowest BCUT2D eigenvalue weighted by Gasteiger charge is -2.37. The first-order valence-corrected chi connectivity index (χ1v) is 10.1. The third-order valence-electron chi connectivity index (χ3n) is 4.98. The number of hydrogen-bond donors (Lipinski definition) is 0. The van der Waals surface area contributed by atoms with E-state index >= 15 is 0 Å². The lowest BCUT2D eigenvalue weighted by molar-refractivity contribution is 0.0587. The molecule has 0 unspecified atom stereocenters. The van der Waals surface area contributed by atoms with E-state index in [1.165, 1.54) is 0 Å². The second-order valence-electron chi connectivity index (χ2n) is 6.57. The van der Waals surface area contributed by atoms with Gasteiger partial charge >= 0.3 is 0 Å². The van der Waals surface area contributed by atoms with E-state index in [0.29, 0.717) is 30.8 Å². The Morgan fingerprint density at radius 1 is 1.21 bits per heavy atom. The summed E-state index contributed by atoms with van der Waals surface area (Å²) in [5.41, 5.74) is 1.63. The number of hydrogen-bond acceptors (Lipinski definition) is 5. The Bertz CT molecular complexity index is 724. The van der Waals surface area contributed by atoms with E-state index in [1.807, 2.05) is 24.0 Å². The zero-order valence-electron chi connectivity index (χ0n) is 14.2. The summed E-state index contributed by atoms with van der Waals surface area (Å²) in [7, 11) is -1.26. The highest BCUT2D eigenvalue weighted by Crippen LogP contribution is 2.22. The molecule has 1 atom stereocenters. The van der Waals surface area contributed by atoms with Gasteiger partial charge in [0.25, 0.3) is 5.91 Å². The molecule has 2 saturated heterocycles. The number of rotatable bonds is 3. The molecule has 24 heavy (non-hydrogen) atoms. The summed E-state index contributed by atoms with van der Waals surface area (Å²) in [4.78, 5) is 16.7. The fraction of sp³-hybridized carbons (Fsp3) is 0.588. The molecule has 0 radical (unpaired) electrons. The molecule has 0 bridgehead atoms. The van der Waals surface area contributed by atoms with Crippen LogP contribution >= 0.6 is 0 Å². The second-order valence-corrected chi connectivity index (χ2v) is 8.80. The van der Waals surface area contributed by atoms with Crippen molar-refractivity contribution in [3.63, 3.8) is 0 Å². The molecule has 2 aliphatic rings. The molecule has 7 heteroatoms. The molecular weight excluding hydrogens is 328 g/mol. The fourth-order valence-corrected chi connectivity index (χ4v) is 5.25. The minimum absolute atomic E-state index is 0.00648. The largest absolute Gasteiger partial charge is 0.496 e. The van der Waals surface area contributed by atoms with Crippen LogP contribution in [0, 0.1) is 6.92 Å². The quantitative estimate of drug-likeness (QED) is 0.810. The van der Waals surface area contributed by atoms with Crippen LogP contribution in [0.25, 0.3) is 0 Å². The Labute approximate surface area is 143 Å². The van der Waals surface area contributed by atoms with Gasteiger partial charge in [-0.2, -0.15) is 0 Å². The Morgan fingerprint density at radius 3 is 2.50 bits per heavy atom. The molecule has 2 fully saturated rings. The van der Waals surface area contributed by atoms with Crippen molar-refractivity contribution in [1.29, 1.82) is 0 Å². The van der Waals surface area contributed by atoms with Gasteiger partial charge in [0.1, 0.15) is 5.75 Å². The van der Waals surface area contributed by atoms with Crippen LogP contribution in [0.1, 0.15) is 22.3 Å². The van der Waals surface area contributed by atoms with Gasteiger partial charge in [-0.25, -0.2) is 8.42 Å². The first kappa shape index (κ1) is 17.2. The highest BCUT2D eigenvalue weighted by atomic mass is 32.2. The van der Waals surface area contributed by atoms with Crippen molar-refractivity contribution < 1.29 is 17.9 Å². The summed E-state index contributed by atoms with van der Waals surface area (Å²) in [5.74, 6) is 1.28. The number of methoxy groups -OCH3 is 1. The van der Waals surface area contributed by atoms with Crippen LogP contribution in [0.15, 0.2) is 18.2 Å². The maximum atomic E-state index is 12.7. The van der Waals surface area contributed by atoms with Crippen LogP contribution in [0.2, 0.25) is 0 Å². The minimum Gasteiger partial charge on any atom is -0.496 e. The van der Waals surface area contributed by atoms with Crippen LogP contribution < -0.4 is 4.74 Å². The van der Waals surface area contributed by atoms with Crippen LogP contribution in [-0.4, -0.2) is 75.0 Å². The van der Waals surface area contributed by atoms with Crippen molar-refractivity contribution in [2.24, 2.45) is 0 Å². The Morgan fingerprint density at radius 2 is 1.92 bits per heavy atom. The van der Waals surface area contributed by atoms with Crippen molar-refractivity contribution in [1.82, 2.24) is 9.80 Å². The number of ether oxygens (including phenoxy) is 1. The van der Waals surface area contributed by atoms with Gasteiger partial charge in [0.05, 0.1) is 18.6 Å². The average molecular weight is 352 g/mol. The number of carbonyl (C=O) groups excluding carboxylic acids is 1. The number of benzene rings is 1. The van der Waals surface area contributed by atoms with Crippen molar-refractivity contribution >= 4 is 15.7 Å². The van der Waals surface area contributed by atoms with E-state index < -0.39 is 9.84 Å². The third kappa shape index (κ3) is 3.57. The Kier molecular flexibility index (Phi) is 4.83. The number of nitrogens with zero attached hydrogens (tertiary/aromatic N) is 2. The van der Waals surface area contributed by atoms with Gasteiger partial charge in [-0.15, -0.1) is 0 Å². The topological polar surface area (TPSA) is 66.9 Å². The van der Waals surface area contributed by atoms with Crippen LogP contribution in [0.3, 0.4) is 0 Å². The van der Waals surface area contributed by atoms with Crippen molar-refractivity contribution in [3.8, 4) is 5.75 Å². The maximum Gasteiger partial charge on any atom is 0.254 e. The van der Waals surface area contributed by atoms with E-state index in [4.69, 9.17) is 4.74 Å². The standard InChI is InChI=1S/C17H24N2O4S/c1-13-3-4-14(11-16(13)23-2)17(20)19-8-6-18(7-9-19)15-5-10-24(21,22)12-15/h3-4,11,15H,5-10,12H2,1-2H3/t15-/m0/s1. The zero-order valence-corrected chi connectivity index (χ0v) is 15.0. The first-order valence-electron chi connectivity index (χ1n) is 8.28. The summed E-state index contributed by atoms with van der Waals surface area (Å²) in [5, 5.41) is 0. The number of carbonyl (C=O) groups is 1. The maximum absolute atomic E-state index is 12.7. The van der Waals surface area contributed by atoms with Crippen molar-refractivity contribution in [2.45, 2.75) is 19.4 Å². The van der Waals surface area contributed by atoms with Gasteiger partial charge in [0, 0.05) is 37.8 Å². The van der Waals surface area contributed by atoms with E-state index in [0.717, 1.165) is 24.4 Å². The van der Waals surface area contributed by atoms with Crippen molar-refractivity contribution in [3.05, 3.63) is 29.3 Å². The van der Waals surface area contributed by atoms with E-state index in [9.17, 15) is 13.2 Å². The second kappa shape index (κ2) is 6.72. The number of amides is 1. The van der Waals surface area contributed by atoms with E-state index in [2.05, 4.69) is 4.90 Å². The number of sulfone groups is 1. The van der Waals surface area contributed by atoms with Gasteiger partial charge in [0.2, 0.25) is 0 Å². The molecule has 1 aromatic carbocycles. The summed E-state index contributed by atoms with van der Waals surface area (Å²) in [6.07, 6.45) is 0.714. The minimum atomic E-state index is -2.87. The van der Waals surface area contributed by atoms with Gasteiger partial charge in [-0.3, -0.25) is 9.69 Å². The molecule has 0 saturated carbocycles. The normalized spacial score (nSPS) is 24.1. The predicted octanol–water partition coefficient (Wildman–Crippen LogP) is 0.949. The first-order chi connectivity index (χ1) is 11.4. The van der Waals surface area contributed by atoms with Crippen LogP contribution in [0.5, 0.6) is 5.75 Å². The fourth-order valence-electron chi connectivity index (χ4n) is 3.49. The molecule has 132 valence electrons. The lowest BCUT2D eigenvalue weighted by atomic mass is 10.1. The van der Waals surface area contributed by atoms with Gasteiger partial charge in [0.15, 0.2) is 9.84 Å². The summed E-state index contributed by atoms with van der Waals surface area (Å²) < 4.78 is 28.5. The third-order valence-corrected chi connectivity index (χ3v) is 6.73.